The maximum absolute atomic E-state index is 13.6. The molecule has 1 heterocycles. The van der Waals surface area contributed by atoms with Crippen molar-refractivity contribution in [3.05, 3.63) is 65.2 Å². The summed E-state index contributed by atoms with van der Waals surface area (Å²) in [5, 5.41) is 0. The molecule has 0 saturated carbocycles. The first kappa shape index (κ1) is 23.8. The molecular weight excluding hydrogens is 446 g/mol. The van der Waals surface area contributed by atoms with E-state index >= 15 is 0 Å². The summed E-state index contributed by atoms with van der Waals surface area (Å²) < 4.78 is 53.8. The Morgan fingerprint density at radius 1 is 1.03 bits per heavy atom. The summed E-state index contributed by atoms with van der Waals surface area (Å²) >= 11 is 0. The Bertz CT molecular complexity index is 1110. The van der Waals surface area contributed by atoms with Gasteiger partial charge in [-0.25, -0.2) is 17.2 Å². The van der Waals surface area contributed by atoms with Crippen LogP contribution >= 0.6 is 0 Å². The number of fused-ring (bicyclic) bond motifs is 1. The first-order valence-electron chi connectivity index (χ1n) is 11.6. The van der Waals surface area contributed by atoms with Crippen LogP contribution in [0.25, 0.3) is 0 Å². The van der Waals surface area contributed by atoms with Crippen molar-refractivity contribution in [1.29, 1.82) is 0 Å². The molecule has 4 rings (SSSR count). The van der Waals surface area contributed by atoms with Gasteiger partial charge in [-0.1, -0.05) is 31.2 Å². The molecule has 0 N–H and O–H groups in total. The molecular formula is C25H30F2N2O3S. The Labute approximate surface area is 194 Å². The van der Waals surface area contributed by atoms with Gasteiger partial charge in [0.25, 0.3) is 0 Å². The molecule has 33 heavy (non-hydrogen) atoms. The number of piperidine rings is 1. The van der Waals surface area contributed by atoms with E-state index in [0.717, 1.165) is 37.8 Å². The average Bonchev–Trinajstić information content (AvgIpc) is 2.83. The molecule has 0 radical (unpaired) electrons. The van der Waals surface area contributed by atoms with Crippen molar-refractivity contribution in [3.63, 3.8) is 0 Å². The number of rotatable bonds is 6. The van der Waals surface area contributed by atoms with E-state index in [9.17, 15) is 22.0 Å². The predicted molar refractivity (Wildman–Crippen MR) is 122 cm³/mol. The third-order valence-electron chi connectivity index (χ3n) is 6.84. The van der Waals surface area contributed by atoms with E-state index in [2.05, 4.69) is 25.1 Å². The second-order valence-electron chi connectivity index (χ2n) is 8.95. The lowest BCUT2D eigenvalue weighted by Crippen LogP contribution is -2.49. The van der Waals surface area contributed by atoms with Gasteiger partial charge in [0, 0.05) is 31.6 Å². The number of hydrogen-bond acceptors (Lipinski definition) is 3. The van der Waals surface area contributed by atoms with Crippen molar-refractivity contribution in [3.8, 4) is 0 Å². The van der Waals surface area contributed by atoms with Gasteiger partial charge in [0.15, 0.2) is 11.6 Å². The minimum atomic E-state index is -3.93. The number of amides is 1. The van der Waals surface area contributed by atoms with Crippen molar-refractivity contribution in [2.45, 2.75) is 56.4 Å². The maximum atomic E-state index is 13.6. The number of carbonyl (C=O) groups excluding carboxylic acids is 1. The van der Waals surface area contributed by atoms with Crippen molar-refractivity contribution < 1.29 is 22.0 Å². The summed E-state index contributed by atoms with van der Waals surface area (Å²) in [4.78, 5) is 15.2. The van der Waals surface area contributed by atoms with Gasteiger partial charge >= 0.3 is 0 Å². The van der Waals surface area contributed by atoms with E-state index < -0.39 is 21.7 Å². The first-order chi connectivity index (χ1) is 15.8. The Balaban J connectivity index is 1.42. The van der Waals surface area contributed by atoms with Gasteiger partial charge in [0.2, 0.25) is 15.9 Å². The Morgan fingerprint density at radius 2 is 1.73 bits per heavy atom. The molecule has 1 saturated heterocycles. The molecule has 8 heteroatoms. The summed E-state index contributed by atoms with van der Waals surface area (Å²) in [5.74, 6) is -2.40. The van der Waals surface area contributed by atoms with Crippen LogP contribution in [0.1, 0.15) is 43.7 Å². The number of hydrogen-bond donors (Lipinski definition) is 0. The van der Waals surface area contributed by atoms with Crippen LogP contribution < -0.4 is 0 Å². The first-order valence-corrected chi connectivity index (χ1v) is 13.1. The van der Waals surface area contributed by atoms with Gasteiger partial charge in [0.1, 0.15) is 0 Å². The summed E-state index contributed by atoms with van der Waals surface area (Å²) in [6.45, 7) is 3.13. The maximum Gasteiger partial charge on any atom is 0.243 e. The zero-order valence-electron chi connectivity index (χ0n) is 18.8. The molecule has 0 aromatic heterocycles. The third kappa shape index (κ3) is 4.96. The molecule has 2 aromatic rings. The number of carbonyl (C=O) groups is 1. The van der Waals surface area contributed by atoms with Crippen LogP contribution in [0.2, 0.25) is 0 Å². The highest BCUT2D eigenvalue weighted by Gasteiger charge is 2.36. The Morgan fingerprint density at radius 3 is 2.39 bits per heavy atom. The molecule has 0 spiro atoms. The SMILES string of the molecule is CCCN(C(=O)C1CCN(S(=O)(=O)c2ccc(F)c(F)c2)CC1)C1CCc2ccccc2C1. The molecule has 1 atom stereocenters. The fourth-order valence-electron chi connectivity index (χ4n) is 5.02. The fraction of sp³-hybridized carbons (Fsp3) is 0.480. The van der Waals surface area contributed by atoms with Crippen molar-refractivity contribution in [2.24, 2.45) is 5.92 Å². The Kier molecular flexibility index (Phi) is 7.14. The van der Waals surface area contributed by atoms with Crippen LogP contribution in [0, 0.1) is 17.6 Å². The fourth-order valence-corrected chi connectivity index (χ4v) is 6.50. The lowest BCUT2D eigenvalue weighted by Gasteiger charge is -2.39. The standard InChI is InChI=1S/C25H30F2N2O3S/c1-2-13-29(21-8-7-18-5-3-4-6-20(18)16-21)25(30)19-11-14-28(15-12-19)33(31,32)22-9-10-23(26)24(27)17-22/h3-6,9-10,17,19,21H,2,7-8,11-16H2,1H3. The normalized spacial score (nSPS) is 19.8. The summed E-state index contributed by atoms with van der Waals surface area (Å²) in [7, 11) is -3.93. The molecule has 0 bridgehead atoms. The number of aryl methyl sites for hydroxylation is 1. The highest BCUT2D eigenvalue weighted by Crippen LogP contribution is 2.29. The van der Waals surface area contributed by atoms with E-state index in [4.69, 9.17) is 0 Å². The van der Waals surface area contributed by atoms with Gasteiger partial charge in [-0.3, -0.25) is 4.79 Å². The zero-order valence-corrected chi connectivity index (χ0v) is 19.7. The average molecular weight is 477 g/mol. The van der Waals surface area contributed by atoms with Gasteiger partial charge in [-0.2, -0.15) is 4.31 Å². The second kappa shape index (κ2) is 9.89. The molecule has 1 unspecified atom stereocenters. The van der Waals surface area contributed by atoms with E-state index in [0.29, 0.717) is 25.5 Å². The van der Waals surface area contributed by atoms with E-state index in [-0.39, 0.29) is 35.9 Å². The monoisotopic (exact) mass is 476 g/mol. The van der Waals surface area contributed by atoms with Crippen LogP contribution in [0.15, 0.2) is 47.4 Å². The number of sulfonamides is 1. The molecule has 1 aliphatic heterocycles. The molecule has 178 valence electrons. The van der Waals surface area contributed by atoms with E-state index in [1.165, 1.54) is 15.4 Å². The molecule has 2 aliphatic rings. The molecule has 1 fully saturated rings. The lowest BCUT2D eigenvalue weighted by atomic mass is 9.86. The quantitative estimate of drug-likeness (QED) is 0.629. The summed E-state index contributed by atoms with van der Waals surface area (Å²) in [6.07, 6.45) is 4.46. The van der Waals surface area contributed by atoms with Crippen LogP contribution in [0.4, 0.5) is 8.78 Å². The largest absolute Gasteiger partial charge is 0.339 e. The second-order valence-corrected chi connectivity index (χ2v) is 10.9. The minimum Gasteiger partial charge on any atom is -0.339 e. The molecule has 2 aromatic carbocycles. The lowest BCUT2D eigenvalue weighted by molar-refractivity contribution is -0.139. The topological polar surface area (TPSA) is 57.7 Å². The smallest absolute Gasteiger partial charge is 0.243 e. The van der Waals surface area contributed by atoms with E-state index in [1.807, 2.05) is 11.0 Å². The summed E-state index contributed by atoms with van der Waals surface area (Å²) in [6, 6.07) is 11.2. The number of halogens is 2. The highest BCUT2D eigenvalue weighted by molar-refractivity contribution is 7.89. The van der Waals surface area contributed by atoms with Crippen LogP contribution in [-0.2, 0) is 27.7 Å². The molecule has 5 nitrogen and oxygen atoms in total. The molecule has 1 amide bonds. The highest BCUT2D eigenvalue weighted by atomic mass is 32.2. The predicted octanol–water partition coefficient (Wildman–Crippen LogP) is 4.16. The van der Waals surface area contributed by atoms with Crippen molar-refractivity contribution in [1.82, 2.24) is 9.21 Å². The number of nitrogens with zero attached hydrogens (tertiary/aromatic N) is 2. The van der Waals surface area contributed by atoms with Gasteiger partial charge in [-0.05, 0) is 67.9 Å². The van der Waals surface area contributed by atoms with Crippen molar-refractivity contribution >= 4 is 15.9 Å². The molecule has 1 aliphatic carbocycles. The van der Waals surface area contributed by atoms with Crippen LogP contribution in [0.5, 0.6) is 0 Å². The van der Waals surface area contributed by atoms with Crippen molar-refractivity contribution in [2.75, 3.05) is 19.6 Å². The zero-order chi connectivity index (χ0) is 23.6. The van der Waals surface area contributed by atoms with Crippen LogP contribution in [-0.4, -0.2) is 49.2 Å². The Hall–Kier alpha value is -2.32. The minimum absolute atomic E-state index is 0.103. The van der Waals surface area contributed by atoms with Crippen LogP contribution in [0.3, 0.4) is 0 Å². The van der Waals surface area contributed by atoms with Gasteiger partial charge in [0.05, 0.1) is 4.90 Å². The third-order valence-corrected chi connectivity index (χ3v) is 8.74. The van der Waals surface area contributed by atoms with Gasteiger partial charge < -0.3 is 4.90 Å². The van der Waals surface area contributed by atoms with E-state index in [1.54, 1.807) is 0 Å². The summed E-state index contributed by atoms with van der Waals surface area (Å²) in [5.41, 5.74) is 2.66. The van der Waals surface area contributed by atoms with Gasteiger partial charge in [-0.15, -0.1) is 0 Å². The number of benzene rings is 2.